The Morgan fingerprint density at radius 1 is 1.11 bits per heavy atom. The molecule has 0 amide bonds. The fraction of sp³-hybridized carbons (Fsp3) is 0.0909. The van der Waals surface area contributed by atoms with Crippen LogP contribution in [0.2, 0.25) is 10.0 Å². The zero-order chi connectivity index (χ0) is 13.3. The molecule has 0 bridgehead atoms. The monoisotopic (exact) mass is 284 g/mol. The molecule has 1 aromatic carbocycles. The summed E-state index contributed by atoms with van der Waals surface area (Å²) in [5.74, 6) is 0.199. The number of nitrogen functional groups attached to an aromatic ring is 2. The Bertz CT molecular complexity index is 604. The number of aromatic nitrogens is 2. The first-order valence-corrected chi connectivity index (χ1v) is 5.76. The van der Waals surface area contributed by atoms with Crippen LogP contribution in [0.15, 0.2) is 18.2 Å². The highest BCUT2D eigenvalue weighted by molar-refractivity contribution is 6.42. The van der Waals surface area contributed by atoms with Crippen LogP contribution in [0.1, 0.15) is 5.69 Å². The van der Waals surface area contributed by atoms with Crippen LogP contribution in [0.3, 0.4) is 0 Å². The van der Waals surface area contributed by atoms with Gasteiger partial charge in [-0.3, -0.25) is 0 Å². The van der Waals surface area contributed by atoms with Crippen molar-refractivity contribution in [2.45, 2.75) is 6.61 Å². The average Bonchev–Trinajstić information content (AvgIpc) is 2.32. The van der Waals surface area contributed by atoms with Gasteiger partial charge in [0.05, 0.1) is 22.3 Å². The van der Waals surface area contributed by atoms with Crippen molar-refractivity contribution in [2.75, 3.05) is 11.5 Å². The number of hydrogen-bond acceptors (Lipinski definition) is 5. The quantitative estimate of drug-likeness (QED) is 0.785. The van der Waals surface area contributed by atoms with Crippen LogP contribution < -0.4 is 11.5 Å². The summed E-state index contributed by atoms with van der Waals surface area (Å²) in [7, 11) is 0. The number of hydrogen-bond donors (Lipinski definition) is 3. The topological polar surface area (TPSA) is 98.0 Å². The number of benzene rings is 1. The largest absolute Gasteiger partial charge is 0.390 e. The van der Waals surface area contributed by atoms with Gasteiger partial charge >= 0.3 is 0 Å². The summed E-state index contributed by atoms with van der Waals surface area (Å²) < 4.78 is 0. The van der Waals surface area contributed by atoms with Crippen molar-refractivity contribution >= 4 is 35.0 Å². The van der Waals surface area contributed by atoms with Gasteiger partial charge in [-0.2, -0.15) is 4.98 Å². The molecule has 0 fully saturated rings. The fourth-order valence-corrected chi connectivity index (χ4v) is 1.92. The highest BCUT2D eigenvalue weighted by Crippen LogP contribution is 2.32. The molecule has 94 valence electrons. The molecule has 2 rings (SSSR count). The van der Waals surface area contributed by atoms with Crippen molar-refractivity contribution < 1.29 is 5.11 Å². The maximum absolute atomic E-state index is 9.29. The number of rotatable bonds is 2. The van der Waals surface area contributed by atoms with Gasteiger partial charge in [0.15, 0.2) is 0 Å². The zero-order valence-corrected chi connectivity index (χ0v) is 10.7. The summed E-state index contributed by atoms with van der Waals surface area (Å²) in [5, 5.41) is 10.1. The molecule has 0 radical (unpaired) electrons. The lowest BCUT2D eigenvalue weighted by atomic mass is 10.0. The van der Waals surface area contributed by atoms with Crippen LogP contribution in [0.5, 0.6) is 0 Å². The standard InChI is InChI=1S/C11H10Cl2N4O/c12-6-2-1-5(3-7(6)13)9-8(4-18)16-11(15)17-10(9)14/h1-3,18H,4H2,(H4,14,15,16,17). The van der Waals surface area contributed by atoms with E-state index in [0.29, 0.717) is 26.9 Å². The van der Waals surface area contributed by atoms with Crippen LogP contribution in [0, 0.1) is 0 Å². The Hall–Kier alpha value is -1.56. The Labute approximate surface area is 113 Å². The molecular weight excluding hydrogens is 275 g/mol. The Kier molecular flexibility index (Phi) is 3.56. The molecule has 7 heteroatoms. The molecule has 0 atom stereocenters. The number of nitrogens with zero attached hydrogens (tertiary/aromatic N) is 2. The molecule has 18 heavy (non-hydrogen) atoms. The second kappa shape index (κ2) is 4.97. The first-order valence-electron chi connectivity index (χ1n) is 5.01. The molecule has 2 aromatic rings. The average molecular weight is 285 g/mol. The highest BCUT2D eigenvalue weighted by atomic mass is 35.5. The minimum Gasteiger partial charge on any atom is -0.390 e. The van der Waals surface area contributed by atoms with E-state index in [1.165, 1.54) is 0 Å². The molecule has 0 aliphatic carbocycles. The molecule has 0 spiro atoms. The SMILES string of the molecule is Nc1nc(N)c(-c2ccc(Cl)c(Cl)c2)c(CO)n1. The van der Waals surface area contributed by atoms with E-state index in [0.717, 1.165) is 0 Å². The minimum absolute atomic E-state index is 0.0142. The smallest absolute Gasteiger partial charge is 0.222 e. The Morgan fingerprint density at radius 3 is 2.44 bits per heavy atom. The summed E-state index contributed by atoms with van der Waals surface area (Å²) in [6.45, 7) is -0.299. The van der Waals surface area contributed by atoms with E-state index >= 15 is 0 Å². The summed E-state index contributed by atoms with van der Waals surface area (Å²) >= 11 is 11.8. The fourth-order valence-electron chi connectivity index (χ4n) is 1.63. The van der Waals surface area contributed by atoms with Gasteiger partial charge in [-0.05, 0) is 17.7 Å². The van der Waals surface area contributed by atoms with Crippen molar-refractivity contribution in [3.05, 3.63) is 33.9 Å². The van der Waals surface area contributed by atoms with Gasteiger partial charge in [0.25, 0.3) is 0 Å². The summed E-state index contributed by atoms with van der Waals surface area (Å²) in [5.41, 5.74) is 12.8. The molecule has 0 saturated heterocycles. The number of aliphatic hydroxyl groups excluding tert-OH is 1. The molecule has 5 nitrogen and oxygen atoms in total. The van der Waals surface area contributed by atoms with Gasteiger partial charge in [-0.1, -0.05) is 29.3 Å². The van der Waals surface area contributed by atoms with Gasteiger partial charge in [0.1, 0.15) is 5.82 Å². The predicted octanol–water partition coefficient (Wildman–Crippen LogP) is 2.11. The normalized spacial score (nSPS) is 10.6. The van der Waals surface area contributed by atoms with Gasteiger partial charge in [0, 0.05) is 5.56 Å². The minimum atomic E-state index is -0.299. The molecule has 1 heterocycles. The summed E-state index contributed by atoms with van der Waals surface area (Å²) in [6.07, 6.45) is 0. The van der Waals surface area contributed by atoms with E-state index in [1.807, 2.05) is 0 Å². The molecule has 0 saturated carbocycles. The Balaban J connectivity index is 2.66. The predicted molar refractivity (Wildman–Crippen MR) is 72.2 cm³/mol. The first kappa shape index (κ1) is 12.9. The second-order valence-electron chi connectivity index (χ2n) is 3.58. The lowest BCUT2D eigenvalue weighted by Crippen LogP contribution is -2.06. The number of halogens is 2. The third-order valence-electron chi connectivity index (χ3n) is 2.39. The second-order valence-corrected chi connectivity index (χ2v) is 4.39. The first-order chi connectivity index (χ1) is 8.52. The third kappa shape index (κ3) is 2.33. The molecule has 1 aromatic heterocycles. The lowest BCUT2D eigenvalue weighted by molar-refractivity contribution is 0.277. The molecule has 0 aliphatic heterocycles. The van der Waals surface area contributed by atoms with Crippen molar-refractivity contribution in [2.24, 2.45) is 0 Å². The van der Waals surface area contributed by atoms with E-state index < -0.39 is 0 Å². The molecule has 0 unspecified atom stereocenters. The van der Waals surface area contributed by atoms with Gasteiger partial charge in [0.2, 0.25) is 5.95 Å². The van der Waals surface area contributed by atoms with Crippen LogP contribution in [-0.4, -0.2) is 15.1 Å². The molecular formula is C11H10Cl2N4O. The Morgan fingerprint density at radius 2 is 1.83 bits per heavy atom. The van der Waals surface area contributed by atoms with E-state index in [2.05, 4.69) is 9.97 Å². The van der Waals surface area contributed by atoms with Crippen LogP contribution in [-0.2, 0) is 6.61 Å². The van der Waals surface area contributed by atoms with Crippen LogP contribution in [0.25, 0.3) is 11.1 Å². The zero-order valence-electron chi connectivity index (χ0n) is 9.19. The molecule has 5 N–H and O–H groups in total. The van der Waals surface area contributed by atoms with Gasteiger partial charge in [-0.15, -0.1) is 0 Å². The van der Waals surface area contributed by atoms with Crippen LogP contribution in [0.4, 0.5) is 11.8 Å². The lowest BCUT2D eigenvalue weighted by Gasteiger charge is -2.11. The summed E-state index contributed by atoms with van der Waals surface area (Å²) in [6, 6.07) is 4.99. The number of nitrogens with two attached hydrogens (primary N) is 2. The number of aliphatic hydroxyl groups is 1. The van der Waals surface area contributed by atoms with E-state index in [9.17, 15) is 5.11 Å². The van der Waals surface area contributed by atoms with Gasteiger partial charge < -0.3 is 16.6 Å². The highest BCUT2D eigenvalue weighted by Gasteiger charge is 2.14. The van der Waals surface area contributed by atoms with Gasteiger partial charge in [-0.25, -0.2) is 4.98 Å². The molecule has 0 aliphatic rings. The number of anilines is 2. The van der Waals surface area contributed by atoms with E-state index in [1.54, 1.807) is 18.2 Å². The van der Waals surface area contributed by atoms with Crippen LogP contribution >= 0.6 is 23.2 Å². The van der Waals surface area contributed by atoms with Crippen molar-refractivity contribution in [1.82, 2.24) is 9.97 Å². The third-order valence-corrected chi connectivity index (χ3v) is 3.13. The van der Waals surface area contributed by atoms with Crippen molar-refractivity contribution in [3.63, 3.8) is 0 Å². The van der Waals surface area contributed by atoms with Crippen molar-refractivity contribution in [3.8, 4) is 11.1 Å². The van der Waals surface area contributed by atoms with E-state index in [4.69, 9.17) is 34.7 Å². The maximum atomic E-state index is 9.29. The summed E-state index contributed by atoms with van der Waals surface area (Å²) in [4.78, 5) is 7.81. The van der Waals surface area contributed by atoms with E-state index in [-0.39, 0.29) is 18.4 Å². The maximum Gasteiger partial charge on any atom is 0.222 e. The van der Waals surface area contributed by atoms with Crippen molar-refractivity contribution in [1.29, 1.82) is 0 Å².